The lowest BCUT2D eigenvalue weighted by molar-refractivity contribution is -0.149. The fourth-order valence-electron chi connectivity index (χ4n) is 3.47. The minimum atomic E-state index is -0.0543. The maximum Gasteiger partial charge on any atom is 0.0579 e. The van der Waals surface area contributed by atoms with E-state index in [0.717, 1.165) is 36.6 Å². The third-order valence-electron chi connectivity index (χ3n) is 4.73. The lowest BCUT2D eigenvalue weighted by Crippen LogP contribution is -2.53. The summed E-state index contributed by atoms with van der Waals surface area (Å²) >= 11 is 6.14. The van der Waals surface area contributed by atoms with Gasteiger partial charge in [-0.3, -0.25) is 4.90 Å². The highest BCUT2D eigenvalue weighted by atomic mass is 35.5. The highest BCUT2D eigenvalue weighted by Crippen LogP contribution is 2.33. The zero-order valence-corrected chi connectivity index (χ0v) is 12.6. The topological polar surface area (TPSA) is 48.5 Å². The minimum absolute atomic E-state index is 0.0543. The average molecular weight is 307 g/mol. The lowest BCUT2D eigenvalue weighted by Gasteiger charge is -2.44. The summed E-state index contributed by atoms with van der Waals surface area (Å²) in [6.07, 6.45) is 1.02. The van der Waals surface area contributed by atoms with Gasteiger partial charge in [-0.05, 0) is 23.8 Å². The molecule has 4 rings (SSSR count). The van der Waals surface area contributed by atoms with Crippen LogP contribution in [0.1, 0.15) is 11.3 Å². The van der Waals surface area contributed by atoms with E-state index in [1.807, 2.05) is 12.1 Å². The molecule has 2 aliphatic heterocycles. The Morgan fingerprint density at radius 2 is 2.24 bits per heavy atom. The summed E-state index contributed by atoms with van der Waals surface area (Å²) in [6.45, 7) is 4.39. The average Bonchev–Trinajstić information content (AvgIpc) is 2.80. The number of hydrogen-bond donors (Lipinski definition) is 2. The maximum atomic E-state index is 9.60. The Hall–Kier alpha value is -1.07. The summed E-state index contributed by atoms with van der Waals surface area (Å²) in [6, 6.07) is 6.02. The Labute approximate surface area is 128 Å². The molecule has 2 aliphatic rings. The number of hydrogen-bond acceptors (Lipinski definition) is 3. The standard InChI is InChI=1S/C16H19ClN2O2/c17-11-1-2-14-12(5-11)13-6-19(4-3-15(13)18-14)7-16(8-20)9-21-10-16/h1-2,5,18,20H,3-4,6-10H2. The molecular weight excluding hydrogens is 288 g/mol. The molecule has 0 radical (unpaired) electrons. The molecule has 5 heteroatoms. The van der Waals surface area contributed by atoms with Gasteiger partial charge in [0.15, 0.2) is 0 Å². The molecule has 0 atom stereocenters. The van der Waals surface area contributed by atoms with Crippen molar-refractivity contribution in [1.29, 1.82) is 0 Å². The summed E-state index contributed by atoms with van der Waals surface area (Å²) in [4.78, 5) is 5.94. The third kappa shape index (κ3) is 2.27. The summed E-state index contributed by atoms with van der Waals surface area (Å²) in [7, 11) is 0. The van der Waals surface area contributed by atoms with E-state index in [1.165, 1.54) is 16.6 Å². The second kappa shape index (κ2) is 4.99. The third-order valence-corrected chi connectivity index (χ3v) is 4.96. The zero-order chi connectivity index (χ0) is 14.4. The first-order valence-electron chi connectivity index (χ1n) is 7.39. The van der Waals surface area contributed by atoms with Crippen LogP contribution in [0.2, 0.25) is 5.02 Å². The molecule has 0 saturated carbocycles. The van der Waals surface area contributed by atoms with Gasteiger partial charge in [0.05, 0.1) is 25.2 Å². The molecule has 1 aromatic carbocycles. The molecule has 1 fully saturated rings. The molecule has 2 N–H and O–H groups in total. The largest absolute Gasteiger partial charge is 0.396 e. The summed E-state index contributed by atoms with van der Waals surface area (Å²) in [5.74, 6) is 0. The van der Waals surface area contributed by atoms with Gasteiger partial charge in [-0.25, -0.2) is 0 Å². The molecule has 0 bridgehead atoms. The van der Waals surface area contributed by atoms with E-state index in [2.05, 4.69) is 16.0 Å². The van der Waals surface area contributed by atoms with Crippen LogP contribution in [0.15, 0.2) is 18.2 Å². The number of aromatic amines is 1. The fraction of sp³-hybridized carbons (Fsp3) is 0.500. The number of aromatic nitrogens is 1. The number of aliphatic hydroxyl groups excluding tert-OH is 1. The van der Waals surface area contributed by atoms with E-state index in [1.54, 1.807) is 0 Å². The van der Waals surface area contributed by atoms with Gasteiger partial charge in [-0.15, -0.1) is 0 Å². The molecule has 0 unspecified atom stereocenters. The van der Waals surface area contributed by atoms with Crippen molar-refractivity contribution in [3.8, 4) is 0 Å². The molecule has 1 saturated heterocycles. The van der Waals surface area contributed by atoms with E-state index >= 15 is 0 Å². The van der Waals surface area contributed by atoms with Crippen molar-refractivity contribution in [1.82, 2.24) is 9.88 Å². The van der Waals surface area contributed by atoms with E-state index in [4.69, 9.17) is 16.3 Å². The lowest BCUT2D eigenvalue weighted by atomic mass is 9.85. The van der Waals surface area contributed by atoms with Gasteiger partial charge in [0.2, 0.25) is 0 Å². The molecule has 21 heavy (non-hydrogen) atoms. The van der Waals surface area contributed by atoms with Crippen LogP contribution in [0.25, 0.3) is 10.9 Å². The number of halogens is 1. The normalized spacial score (nSPS) is 21.2. The maximum absolute atomic E-state index is 9.60. The number of H-pyrrole nitrogens is 1. The molecule has 2 aromatic rings. The molecule has 3 heterocycles. The van der Waals surface area contributed by atoms with Crippen molar-refractivity contribution >= 4 is 22.5 Å². The van der Waals surface area contributed by atoms with E-state index in [-0.39, 0.29) is 12.0 Å². The number of fused-ring (bicyclic) bond motifs is 3. The molecule has 0 spiro atoms. The summed E-state index contributed by atoms with van der Waals surface area (Å²) in [5, 5.41) is 11.6. The van der Waals surface area contributed by atoms with Gasteiger partial charge in [0.1, 0.15) is 0 Å². The Balaban J connectivity index is 1.61. The number of benzene rings is 1. The quantitative estimate of drug-likeness (QED) is 0.914. The van der Waals surface area contributed by atoms with Crippen molar-refractivity contribution in [2.24, 2.45) is 5.41 Å². The predicted octanol–water partition coefficient (Wildman–Crippen LogP) is 2.19. The number of ether oxygens (including phenoxy) is 1. The monoisotopic (exact) mass is 306 g/mol. The van der Waals surface area contributed by atoms with E-state index in [0.29, 0.717) is 13.2 Å². The first-order chi connectivity index (χ1) is 10.2. The van der Waals surface area contributed by atoms with Gasteiger partial charge in [-0.2, -0.15) is 0 Å². The number of nitrogens with one attached hydrogen (secondary N) is 1. The second-order valence-corrected chi connectivity index (χ2v) is 6.82. The summed E-state index contributed by atoms with van der Waals surface area (Å²) < 4.78 is 5.30. The highest BCUT2D eigenvalue weighted by Gasteiger charge is 2.40. The van der Waals surface area contributed by atoms with Crippen LogP contribution in [0.3, 0.4) is 0 Å². The van der Waals surface area contributed by atoms with E-state index < -0.39 is 0 Å². The van der Waals surface area contributed by atoms with Crippen LogP contribution in [-0.2, 0) is 17.7 Å². The minimum Gasteiger partial charge on any atom is -0.396 e. The highest BCUT2D eigenvalue weighted by molar-refractivity contribution is 6.31. The SMILES string of the molecule is OCC1(CN2CCc3[nH]c4ccc(Cl)cc4c3C2)COC1. The van der Waals surface area contributed by atoms with Crippen LogP contribution >= 0.6 is 11.6 Å². The van der Waals surface area contributed by atoms with Crippen molar-refractivity contribution in [2.45, 2.75) is 13.0 Å². The van der Waals surface area contributed by atoms with Crippen LogP contribution in [0.4, 0.5) is 0 Å². The zero-order valence-electron chi connectivity index (χ0n) is 11.9. The van der Waals surface area contributed by atoms with Crippen molar-refractivity contribution < 1.29 is 9.84 Å². The van der Waals surface area contributed by atoms with Gasteiger partial charge in [0, 0.05) is 47.7 Å². The fourth-order valence-corrected chi connectivity index (χ4v) is 3.65. The molecule has 1 aromatic heterocycles. The van der Waals surface area contributed by atoms with Gasteiger partial charge in [-0.1, -0.05) is 11.6 Å². The van der Waals surface area contributed by atoms with E-state index in [9.17, 15) is 5.11 Å². The first-order valence-corrected chi connectivity index (χ1v) is 7.77. The Morgan fingerprint density at radius 1 is 1.38 bits per heavy atom. The van der Waals surface area contributed by atoms with Crippen LogP contribution in [0.5, 0.6) is 0 Å². The molecular formula is C16H19ClN2O2. The van der Waals surface area contributed by atoms with Crippen LogP contribution in [-0.4, -0.2) is 47.9 Å². The van der Waals surface area contributed by atoms with Crippen molar-refractivity contribution in [3.63, 3.8) is 0 Å². The molecule has 4 nitrogen and oxygen atoms in total. The second-order valence-electron chi connectivity index (χ2n) is 6.38. The molecule has 112 valence electrons. The number of nitrogens with zero attached hydrogens (tertiary/aromatic N) is 1. The smallest absolute Gasteiger partial charge is 0.0579 e. The molecule has 0 amide bonds. The number of aliphatic hydroxyl groups is 1. The van der Waals surface area contributed by atoms with Gasteiger partial charge in [0.25, 0.3) is 0 Å². The summed E-state index contributed by atoms with van der Waals surface area (Å²) in [5.41, 5.74) is 3.79. The van der Waals surface area contributed by atoms with Gasteiger partial charge >= 0.3 is 0 Å². The van der Waals surface area contributed by atoms with Crippen molar-refractivity contribution in [3.05, 3.63) is 34.5 Å². The Kier molecular flexibility index (Phi) is 3.23. The van der Waals surface area contributed by atoms with Crippen LogP contribution < -0.4 is 0 Å². The van der Waals surface area contributed by atoms with Gasteiger partial charge < -0.3 is 14.8 Å². The van der Waals surface area contributed by atoms with Crippen LogP contribution in [0, 0.1) is 5.41 Å². The predicted molar refractivity (Wildman–Crippen MR) is 82.6 cm³/mol. The number of rotatable bonds is 3. The molecule has 0 aliphatic carbocycles. The van der Waals surface area contributed by atoms with Crippen molar-refractivity contribution in [2.75, 3.05) is 32.9 Å². The first kappa shape index (κ1) is 13.6. The Morgan fingerprint density at radius 3 is 2.95 bits per heavy atom. The Bertz CT molecular complexity index is 673.